The smallest absolute Gasteiger partial charge is 0.364 e. The molecule has 3 rings (SSSR count). The van der Waals surface area contributed by atoms with Crippen LogP contribution in [-0.4, -0.2) is 14.9 Å². The van der Waals surface area contributed by atoms with E-state index in [1.165, 1.54) is 12.1 Å². The number of imidazole rings is 1. The fourth-order valence-corrected chi connectivity index (χ4v) is 3.93. The number of pyridine rings is 1. The highest BCUT2D eigenvalue weighted by atomic mass is 19.4. The second-order valence-corrected chi connectivity index (χ2v) is 9.03. The molecule has 0 aliphatic rings. The lowest BCUT2D eigenvalue weighted by Gasteiger charge is -2.34. The zero-order valence-corrected chi connectivity index (χ0v) is 16.9. The minimum absolute atomic E-state index is 0.0566. The van der Waals surface area contributed by atoms with E-state index >= 15 is 0 Å². The van der Waals surface area contributed by atoms with Crippen LogP contribution in [0.2, 0.25) is 0 Å². The van der Waals surface area contributed by atoms with Crippen molar-refractivity contribution in [2.45, 2.75) is 52.8 Å². The van der Waals surface area contributed by atoms with Gasteiger partial charge in [-0.05, 0) is 43.9 Å². The van der Waals surface area contributed by atoms with Gasteiger partial charge in [-0.1, -0.05) is 45.0 Å². The third kappa shape index (κ3) is 4.32. The van der Waals surface area contributed by atoms with Gasteiger partial charge in [-0.25, -0.2) is 4.98 Å². The van der Waals surface area contributed by atoms with E-state index in [0.717, 1.165) is 12.5 Å². The van der Waals surface area contributed by atoms with E-state index in [0.29, 0.717) is 17.2 Å². The minimum Gasteiger partial charge on any atom is -0.364 e. The van der Waals surface area contributed by atoms with E-state index in [-0.39, 0.29) is 16.5 Å². The molecule has 6 heteroatoms. The van der Waals surface area contributed by atoms with Crippen molar-refractivity contribution in [2.75, 3.05) is 5.32 Å². The maximum absolute atomic E-state index is 13.6. The molecule has 1 N–H and O–H groups in total. The van der Waals surface area contributed by atoms with Gasteiger partial charge in [0.25, 0.3) is 0 Å². The first-order valence-corrected chi connectivity index (χ1v) is 9.29. The van der Waals surface area contributed by atoms with Gasteiger partial charge in [-0.2, -0.15) is 13.2 Å². The average molecular weight is 389 g/mol. The summed E-state index contributed by atoms with van der Waals surface area (Å²) in [5, 5.41) is 3.48. The number of fused-ring (bicyclic) bond motifs is 1. The first-order valence-electron chi connectivity index (χ1n) is 9.29. The highest BCUT2D eigenvalue weighted by Gasteiger charge is 2.35. The van der Waals surface area contributed by atoms with Gasteiger partial charge in [0.15, 0.2) is 0 Å². The maximum Gasteiger partial charge on any atom is 0.417 e. The van der Waals surface area contributed by atoms with Crippen molar-refractivity contribution in [3.05, 3.63) is 54.2 Å². The molecule has 0 radical (unpaired) electrons. The summed E-state index contributed by atoms with van der Waals surface area (Å²) in [7, 11) is 0. The SMILES string of the molecule is CC(C)(C)CC(C)(C)Nc1c(-c2ccccc2C(F)(F)F)nc2ccccn12. The number of alkyl halides is 3. The summed E-state index contributed by atoms with van der Waals surface area (Å²) in [4.78, 5) is 4.54. The molecule has 28 heavy (non-hydrogen) atoms. The van der Waals surface area contributed by atoms with Crippen molar-refractivity contribution >= 4 is 11.5 Å². The van der Waals surface area contributed by atoms with Crippen molar-refractivity contribution in [3.8, 4) is 11.3 Å². The molecular formula is C22H26F3N3. The van der Waals surface area contributed by atoms with Gasteiger partial charge < -0.3 is 5.32 Å². The van der Waals surface area contributed by atoms with Gasteiger partial charge in [0.2, 0.25) is 0 Å². The van der Waals surface area contributed by atoms with Crippen LogP contribution in [0.1, 0.15) is 46.6 Å². The fourth-order valence-electron chi connectivity index (χ4n) is 3.93. The number of rotatable bonds is 4. The molecule has 0 amide bonds. The number of nitrogens with one attached hydrogen (secondary N) is 1. The lowest BCUT2D eigenvalue weighted by atomic mass is 9.82. The lowest BCUT2D eigenvalue weighted by Crippen LogP contribution is -2.36. The molecule has 0 spiro atoms. The van der Waals surface area contributed by atoms with Gasteiger partial charge in [0, 0.05) is 17.3 Å². The molecule has 0 aliphatic carbocycles. The number of anilines is 1. The van der Waals surface area contributed by atoms with Crippen LogP contribution in [0.25, 0.3) is 16.9 Å². The molecule has 0 saturated carbocycles. The van der Waals surface area contributed by atoms with Gasteiger partial charge in [0.1, 0.15) is 17.2 Å². The number of hydrogen-bond donors (Lipinski definition) is 1. The molecule has 1 aromatic carbocycles. The van der Waals surface area contributed by atoms with Crippen molar-refractivity contribution in [2.24, 2.45) is 5.41 Å². The van der Waals surface area contributed by atoms with Crippen molar-refractivity contribution in [1.29, 1.82) is 0 Å². The van der Waals surface area contributed by atoms with Crippen molar-refractivity contribution in [3.63, 3.8) is 0 Å². The van der Waals surface area contributed by atoms with E-state index in [1.54, 1.807) is 12.1 Å². The second-order valence-electron chi connectivity index (χ2n) is 9.03. The number of benzene rings is 1. The topological polar surface area (TPSA) is 29.3 Å². The Bertz CT molecular complexity index is 979. The second kappa shape index (κ2) is 6.83. The van der Waals surface area contributed by atoms with E-state index in [4.69, 9.17) is 0 Å². The summed E-state index contributed by atoms with van der Waals surface area (Å²) >= 11 is 0. The first-order chi connectivity index (χ1) is 12.9. The number of hydrogen-bond acceptors (Lipinski definition) is 2. The molecule has 2 aromatic heterocycles. The average Bonchev–Trinajstić information content (AvgIpc) is 2.90. The van der Waals surface area contributed by atoms with Crippen molar-refractivity contribution in [1.82, 2.24) is 9.38 Å². The molecule has 0 atom stereocenters. The monoisotopic (exact) mass is 389 g/mol. The highest BCUT2D eigenvalue weighted by molar-refractivity contribution is 5.79. The van der Waals surface area contributed by atoms with Crippen LogP contribution in [0.3, 0.4) is 0 Å². The Kier molecular flexibility index (Phi) is 4.94. The summed E-state index contributed by atoms with van der Waals surface area (Å²) in [6.07, 6.45) is -1.80. The largest absolute Gasteiger partial charge is 0.417 e. The van der Waals surface area contributed by atoms with Crippen LogP contribution in [0, 0.1) is 5.41 Å². The highest BCUT2D eigenvalue weighted by Crippen LogP contribution is 2.40. The maximum atomic E-state index is 13.6. The van der Waals surface area contributed by atoms with Gasteiger partial charge in [-0.3, -0.25) is 4.40 Å². The lowest BCUT2D eigenvalue weighted by molar-refractivity contribution is -0.137. The Morgan fingerprint density at radius 3 is 2.21 bits per heavy atom. The Hall–Kier alpha value is -2.50. The van der Waals surface area contributed by atoms with Gasteiger partial charge >= 0.3 is 6.18 Å². The first kappa shape index (κ1) is 20.2. The van der Waals surface area contributed by atoms with Crippen molar-refractivity contribution < 1.29 is 13.2 Å². The summed E-state index contributed by atoms with van der Waals surface area (Å²) in [5.74, 6) is 0.571. The Morgan fingerprint density at radius 2 is 1.57 bits per heavy atom. The number of aromatic nitrogens is 2. The van der Waals surface area contributed by atoms with Crippen LogP contribution in [0.4, 0.5) is 19.0 Å². The van der Waals surface area contributed by atoms with Crippen LogP contribution in [0.15, 0.2) is 48.7 Å². The fraction of sp³-hybridized carbons (Fsp3) is 0.409. The summed E-state index contributed by atoms with van der Waals surface area (Å²) < 4.78 is 42.7. The van der Waals surface area contributed by atoms with Gasteiger partial charge in [-0.15, -0.1) is 0 Å². The Morgan fingerprint density at radius 1 is 0.929 bits per heavy atom. The standard InChI is InChI=1S/C22H26F3N3/c1-20(2,3)14-21(4,5)27-19-18(26-17-12-8-9-13-28(17)19)15-10-6-7-11-16(15)22(23,24)25/h6-13,27H,14H2,1-5H3. The molecule has 0 fully saturated rings. The molecule has 0 unspecified atom stereocenters. The third-order valence-electron chi connectivity index (χ3n) is 4.45. The van der Waals surface area contributed by atoms with Crippen LogP contribution in [0.5, 0.6) is 0 Å². The summed E-state index contributed by atoms with van der Waals surface area (Å²) in [6.45, 7) is 10.5. The molecule has 0 saturated heterocycles. The number of nitrogens with zero attached hydrogens (tertiary/aromatic N) is 2. The van der Waals surface area contributed by atoms with Gasteiger partial charge in [0.05, 0.1) is 5.56 Å². The Balaban J connectivity index is 2.19. The summed E-state index contributed by atoms with van der Waals surface area (Å²) in [6, 6.07) is 11.1. The molecule has 0 bridgehead atoms. The number of halogens is 3. The minimum atomic E-state index is -4.45. The summed E-state index contributed by atoms with van der Waals surface area (Å²) in [5.41, 5.74) is 0.0139. The van der Waals surface area contributed by atoms with Crippen LogP contribution in [-0.2, 0) is 6.18 Å². The predicted molar refractivity (Wildman–Crippen MR) is 107 cm³/mol. The zero-order chi connectivity index (χ0) is 20.7. The molecule has 150 valence electrons. The van der Waals surface area contributed by atoms with E-state index < -0.39 is 11.7 Å². The van der Waals surface area contributed by atoms with E-state index in [2.05, 4.69) is 44.9 Å². The molecule has 3 aromatic rings. The molecule has 2 heterocycles. The van der Waals surface area contributed by atoms with E-state index in [9.17, 15) is 13.2 Å². The zero-order valence-electron chi connectivity index (χ0n) is 16.9. The Labute approximate surface area is 163 Å². The quantitative estimate of drug-likeness (QED) is 0.541. The molecular weight excluding hydrogens is 363 g/mol. The normalized spacial score (nSPS) is 13.1. The molecule has 0 aliphatic heterocycles. The van der Waals surface area contributed by atoms with E-state index in [1.807, 2.05) is 22.7 Å². The van der Waals surface area contributed by atoms with Crippen LogP contribution >= 0.6 is 0 Å². The molecule has 3 nitrogen and oxygen atoms in total. The van der Waals surface area contributed by atoms with Crippen LogP contribution < -0.4 is 5.32 Å². The predicted octanol–water partition coefficient (Wildman–Crippen LogP) is 6.65. The third-order valence-corrected chi connectivity index (χ3v) is 4.45.